The van der Waals surface area contributed by atoms with Crippen molar-refractivity contribution in [2.45, 2.75) is 70.0 Å². The lowest BCUT2D eigenvalue weighted by atomic mass is 9.65. The van der Waals surface area contributed by atoms with E-state index in [9.17, 15) is 5.11 Å². The Balaban J connectivity index is 1.90. The molecule has 4 heteroatoms. The summed E-state index contributed by atoms with van der Waals surface area (Å²) in [5.74, 6) is 1.64. The molecule has 1 saturated carbocycles. The van der Waals surface area contributed by atoms with E-state index in [2.05, 4.69) is 30.9 Å². The fourth-order valence-electron chi connectivity index (χ4n) is 4.81. The summed E-state index contributed by atoms with van der Waals surface area (Å²) in [7, 11) is 1.69. The quantitative estimate of drug-likeness (QED) is 0.778. The van der Waals surface area contributed by atoms with Crippen molar-refractivity contribution in [1.82, 2.24) is 4.90 Å². The van der Waals surface area contributed by atoms with E-state index in [0.717, 1.165) is 56.8 Å². The van der Waals surface area contributed by atoms with Crippen molar-refractivity contribution in [3.8, 4) is 11.5 Å². The summed E-state index contributed by atoms with van der Waals surface area (Å²) in [5, 5.41) is 10.7. The number of hydrogen-bond donors (Lipinski definition) is 1. The van der Waals surface area contributed by atoms with Crippen LogP contribution in [-0.2, 0) is 5.41 Å². The van der Waals surface area contributed by atoms with Crippen molar-refractivity contribution in [3.63, 3.8) is 0 Å². The maximum absolute atomic E-state index is 10.7. The van der Waals surface area contributed by atoms with E-state index >= 15 is 0 Å². The Morgan fingerprint density at radius 1 is 1.24 bits per heavy atom. The first-order valence-electron chi connectivity index (χ1n) is 9.90. The van der Waals surface area contributed by atoms with Crippen LogP contribution in [0.25, 0.3) is 0 Å². The second-order valence-electron chi connectivity index (χ2n) is 7.58. The number of hydrogen-bond acceptors (Lipinski definition) is 4. The molecule has 1 aromatic carbocycles. The number of fused-ring (bicyclic) bond motifs is 3. The predicted octanol–water partition coefficient (Wildman–Crippen LogP) is 3.75. The van der Waals surface area contributed by atoms with Gasteiger partial charge in [-0.3, -0.25) is 0 Å². The number of rotatable bonds is 8. The van der Waals surface area contributed by atoms with Crippen LogP contribution in [0, 0.1) is 0 Å². The fraction of sp³-hybridized carbons (Fsp3) is 0.714. The summed E-state index contributed by atoms with van der Waals surface area (Å²) in [6.45, 7) is 7.83. The standard InChI is InChI=1S/C21H33NO3/c1-4-13-22(14-5-2)15-12-21-11-7-9-17(23)20(21)25-19-16(21)8-6-10-18(19)24-3/h6,8,10,17,20,23H,4-5,7,9,11-15H2,1-3H3/t17-,20+,21-/m1/s1. The maximum atomic E-state index is 10.7. The summed E-state index contributed by atoms with van der Waals surface area (Å²) < 4.78 is 11.8. The summed E-state index contributed by atoms with van der Waals surface area (Å²) in [4.78, 5) is 2.56. The first-order chi connectivity index (χ1) is 12.2. The zero-order valence-electron chi connectivity index (χ0n) is 16.0. The van der Waals surface area contributed by atoms with Crippen LogP contribution < -0.4 is 9.47 Å². The van der Waals surface area contributed by atoms with Gasteiger partial charge in [-0.05, 0) is 64.2 Å². The summed E-state index contributed by atoms with van der Waals surface area (Å²) in [6, 6.07) is 6.19. The molecule has 0 bridgehead atoms. The van der Waals surface area contributed by atoms with Gasteiger partial charge in [0.25, 0.3) is 0 Å². The molecule has 25 heavy (non-hydrogen) atoms. The monoisotopic (exact) mass is 347 g/mol. The highest BCUT2D eigenvalue weighted by Crippen LogP contribution is 2.55. The number of para-hydroxylation sites is 1. The van der Waals surface area contributed by atoms with Crippen LogP contribution in [0.4, 0.5) is 0 Å². The molecule has 1 fully saturated rings. The van der Waals surface area contributed by atoms with Gasteiger partial charge < -0.3 is 19.5 Å². The summed E-state index contributed by atoms with van der Waals surface area (Å²) >= 11 is 0. The summed E-state index contributed by atoms with van der Waals surface area (Å²) in [6.07, 6.45) is 5.83. The van der Waals surface area contributed by atoms with Gasteiger partial charge in [-0.1, -0.05) is 26.0 Å². The molecule has 4 nitrogen and oxygen atoms in total. The van der Waals surface area contributed by atoms with E-state index in [4.69, 9.17) is 9.47 Å². The van der Waals surface area contributed by atoms with E-state index < -0.39 is 6.10 Å². The van der Waals surface area contributed by atoms with Gasteiger partial charge in [0, 0.05) is 11.0 Å². The minimum atomic E-state index is -0.392. The van der Waals surface area contributed by atoms with Gasteiger partial charge in [-0.15, -0.1) is 0 Å². The van der Waals surface area contributed by atoms with Crippen LogP contribution in [0.15, 0.2) is 18.2 Å². The number of aliphatic hydroxyl groups excluding tert-OH is 1. The van der Waals surface area contributed by atoms with Crippen molar-refractivity contribution >= 4 is 0 Å². The third kappa shape index (κ3) is 3.39. The number of aliphatic hydroxyl groups is 1. The molecule has 1 aliphatic carbocycles. The van der Waals surface area contributed by atoms with E-state index in [0.29, 0.717) is 0 Å². The average molecular weight is 347 g/mol. The van der Waals surface area contributed by atoms with E-state index in [-0.39, 0.29) is 11.5 Å². The van der Waals surface area contributed by atoms with Crippen molar-refractivity contribution < 1.29 is 14.6 Å². The molecular formula is C21H33NO3. The number of ether oxygens (including phenoxy) is 2. The minimum Gasteiger partial charge on any atom is -0.493 e. The molecule has 0 saturated heterocycles. The van der Waals surface area contributed by atoms with Gasteiger partial charge in [-0.25, -0.2) is 0 Å². The Labute approximate surface area is 152 Å². The summed E-state index contributed by atoms with van der Waals surface area (Å²) in [5.41, 5.74) is 1.16. The van der Waals surface area contributed by atoms with Crippen molar-refractivity contribution in [2.24, 2.45) is 0 Å². The molecule has 3 rings (SSSR count). The van der Waals surface area contributed by atoms with Crippen molar-refractivity contribution in [1.29, 1.82) is 0 Å². The van der Waals surface area contributed by atoms with E-state index in [1.807, 2.05) is 6.07 Å². The molecule has 0 aromatic heterocycles. The molecule has 1 heterocycles. The Kier molecular flexibility index (Phi) is 5.90. The van der Waals surface area contributed by atoms with Gasteiger partial charge in [0.05, 0.1) is 13.2 Å². The van der Waals surface area contributed by atoms with Crippen LogP contribution in [0.2, 0.25) is 0 Å². The second kappa shape index (κ2) is 7.96. The van der Waals surface area contributed by atoms with Crippen LogP contribution in [0.1, 0.15) is 57.9 Å². The van der Waals surface area contributed by atoms with Gasteiger partial charge >= 0.3 is 0 Å². The molecule has 0 radical (unpaired) electrons. The molecule has 1 aliphatic heterocycles. The lowest BCUT2D eigenvalue weighted by Crippen LogP contribution is -2.50. The molecule has 3 atom stereocenters. The number of benzene rings is 1. The van der Waals surface area contributed by atoms with Gasteiger partial charge in [0.15, 0.2) is 11.5 Å². The SMILES string of the molecule is CCCN(CCC)CC[C@@]12CCC[C@@H](O)[C@@H]1Oc1c(OC)cccc12. The molecular weight excluding hydrogens is 314 g/mol. The highest BCUT2D eigenvalue weighted by atomic mass is 16.5. The Morgan fingerprint density at radius 3 is 2.68 bits per heavy atom. The minimum absolute atomic E-state index is 0.0821. The second-order valence-corrected chi connectivity index (χ2v) is 7.58. The molecule has 0 amide bonds. The number of nitrogens with zero attached hydrogens (tertiary/aromatic N) is 1. The molecule has 2 aliphatic rings. The zero-order valence-corrected chi connectivity index (χ0v) is 16.0. The molecule has 0 spiro atoms. The Morgan fingerprint density at radius 2 is 2.00 bits per heavy atom. The van der Waals surface area contributed by atoms with Gasteiger partial charge in [-0.2, -0.15) is 0 Å². The normalized spacial score (nSPS) is 27.7. The number of methoxy groups -OCH3 is 1. The Hall–Kier alpha value is -1.26. The third-order valence-electron chi connectivity index (χ3n) is 5.95. The van der Waals surface area contributed by atoms with Crippen molar-refractivity contribution in [2.75, 3.05) is 26.7 Å². The first-order valence-corrected chi connectivity index (χ1v) is 9.90. The topological polar surface area (TPSA) is 41.9 Å². The highest BCUT2D eigenvalue weighted by molar-refractivity contribution is 5.54. The lowest BCUT2D eigenvalue weighted by Gasteiger charge is -2.42. The van der Waals surface area contributed by atoms with Crippen molar-refractivity contribution in [3.05, 3.63) is 23.8 Å². The van der Waals surface area contributed by atoms with E-state index in [1.54, 1.807) is 7.11 Å². The van der Waals surface area contributed by atoms with Gasteiger partial charge in [0.1, 0.15) is 6.10 Å². The predicted molar refractivity (Wildman–Crippen MR) is 101 cm³/mol. The van der Waals surface area contributed by atoms with Gasteiger partial charge in [0.2, 0.25) is 0 Å². The van der Waals surface area contributed by atoms with Crippen LogP contribution in [-0.4, -0.2) is 49.0 Å². The first kappa shape index (κ1) is 18.5. The molecule has 1 N–H and O–H groups in total. The van der Waals surface area contributed by atoms with Crippen LogP contribution in [0.5, 0.6) is 11.5 Å². The largest absolute Gasteiger partial charge is 0.493 e. The average Bonchev–Trinajstić information content (AvgIpc) is 2.96. The zero-order chi connectivity index (χ0) is 17.9. The lowest BCUT2D eigenvalue weighted by molar-refractivity contribution is -0.0313. The maximum Gasteiger partial charge on any atom is 0.165 e. The fourth-order valence-corrected chi connectivity index (χ4v) is 4.81. The molecule has 1 aromatic rings. The highest BCUT2D eigenvalue weighted by Gasteiger charge is 2.54. The van der Waals surface area contributed by atoms with Crippen LogP contribution in [0.3, 0.4) is 0 Å². The van der Waals surface area contributed by atoms with Crippen LogP contribution >= 0.6 is 0 Å². The smallest absolute Gasteiger partial charge is 0.165 e. The molecule has 0 unspecified atom stereocenters. The Bertz CT molecular complexity index is 570. The molecule has 140 valence electrons. The van der Waals surface area contributed by atoms with E-state index in [1.165, 1.54) is 18.4 Å². The third-order valence-corrected chi connectivity index (χ3v) is 5.95.